The minimum absolute atomic E-state index is 0.130. The Bertz CT molecular complexity index is 966. The summed E-state index contributed by atoms with van der Waals surface area (Å²) in [6.45, 7) is 1.88. The number of hydrogen-bond donors (Lipinski definition) is 1. The van der Waals surface area contributed by atoms with Crippen molar-refractivity contribution < 1.29 is 13.9 Å². The number of carbonyl (C=O) groups is 1. The number of aryl methyl sites for hydroxylation is 1. The van der Waals surface area contributed by atoms with Crippen LogP contribution in [-0.2, 0) is 4.79 Å². The molecule has 1 atom stereocenters. The summed E-state index contributed by atoms with van der Waals surface area (Å²) in [7, 11) is 1.51. The topological polar surface area (TPSA) is 81.9 Å². The molecule has 0 bridgehead atoms. The van der Waals surface area contributed by atoms with Gasteiger partial charge in [-0.15, -0.1) is 10.2 Å². The Balaban J connectivity index is 1.82. The highest BCUT2D eigenvalue weighted by Crippen LogP contribution is 2.39. The van der Waals surface area contributed by atoms with Gasteiger partial charge in [-0.3, -0.25) is 4.79 Å². The molecule has 0 spiro atoms. The van der Waals surface area contributed by atoms with E-state index in [0.29, 0.717) is 17.5 Å². The maximum atomic E-state index is 13.3. The van der Waals surface area contributed by atoms with Crippen molar-refractivity contribution in [1.29, 1.82) is 0 Å². The Morgan fingerprint density at radius 2 is 1.96 bits per heavy atom. The van der Waals surface area contributed by atoms with E-state index in [0.717, 1.165) is 16.8 Å². The van der Waals surface area contributed by atoms with E-state index in [1.807, 2.05) is 6.92 Å². The average molecular weight is 353 g/mol. The van der Waals surface area contributed by atoms with Gasteiger partial charge in [0.1, 0.15) is 11.6 Å². The van der Waals surface area contributed by atoms with Gasteiger partial charge < -0.3 is 10.1 Å². The standard InChI is InChI=1S/C18H16FN5O2/c1-10-17-13(11-3-5-12(19)6-4-11)9-15(25)20-18(17)24(23-10)14-7-8-16(26-2)22-21-14/h3-8,13H,9H2,1-2H3,(H,20,25)/t13-/m1/s1. The SMILES string of the molecule is COc1ccc(-n2nc(C)c3c2NC(=O)C[C@@H]3c2ccc(F)cc2)nn1. The summed E-state index contributed by atoms with van der Waals surface area (Å²) in [5.41, 5.74) is 2.53. The molecule has 4 rings (SSSR count). The maximum Gasteiger partial charge on any atom is 0.233 e. The molecule has 3 heterocycles. The molecule has 2 aromatic heterocycles. The summed E-state index contributed by atoms with van der Waals surface area (Å²) in [6, 6.07) is 9.59. The van der Waals surface area contributed by atoms with Crippen molar-refractivity contribution in [1.82, 2.24) is 20.0 Å². The monoisotopic (exact) mass is 353 g/mol. The van der Waals surface area contributed by atoms with Gasteiger partial charge in [0.05, 0.1) is 12.8 Å². The zero-order valence-electron chi connectivity index (χ0n) is 14.2. The third-order valence-electron chi connectivity index (χ3n) is 4.43. The second kappa shape index (κ2) is 6.21. The van der Waals surface area contributed by atoms with Crippen LogP contribution < -0.4 is 10.1 Å². The molecule has 0 fully saturated rings. The molecule has 26 heavy (non-hydrogen) atoms. The lowest BCUT2D eigenvalue weighted by Crippen LogP contribution is -2.25. The number of methoxy groups -OCH3 is 1. The van der Waals surface area contributed by atoms with E-state index in [-0.39, 0.29) is 24.1 Å². The third kappa shape index (κ3) is 2.69. The van der Waals surface area contributed by atoms with Gasteiger partial charge in [0.15, 0.2) is 5.82 Å². The van der Waals surface area contributed by atoms with Crippen LogP contribution >= 0.6 is 0 Å². The Morgan fingerprint density at radius 1 is 1.19 bits per heavy atom. The number of aromatic nitrogens is 4. The van der Waals surface area contributed by atoms with Crippen LogP contribution in [-0.4, -0.2) is 33.0 Å². The lowest BCUT2D eigenvalue weighted by atomic mass is 9.86. The highest BCUT2D eigenvalue weighted by Gasteiger charge is 2.32. The number of carbonyl (C=O) groups excluding carboxylic acids is 1. The van der Waals surface area contributed by atoms with Crippen molar-refractivity contribution in [2.45, 2.75) is 19.3 Å². The number of ether oxygens (including phenoxy) is 1. The van der Waals surface area contributed by atoms with Crippen LogP contribution in [0.5, 0.6) is 5.88 Å². The van der Waals surface area contributed by atoms with Gasteiger partial charge in [-0.05, 0) is 30.7 Å². The van der Waals surface area contributed by atoms with Crippen molar-refractivity contribution in [2.75, 3.05) is 12.4 Å². The summed E-state index contributed by atoms with van der Waals surface area (Å²) in [4.78, 5) is 12.3. The fraction of sp³-hybridized carbons (Fsp3) is 0.222. The number of nitrogens with one attached hydrogen (secondary N) is 1. The maximum absolute atomic E-state index is 13.3. The second-order valence-electron chi connectivity index (χ2n) is 6.05. The van der Waals surface area contributed by atoms with Crippen LogP contribution in [0.3, 0.4) is 0 Å². The second-order valence-corrected chi connectivity index (χ2v) is 6.05. The quantitative estimate of drug-likeness (QED) is 0.783. The van der Waals surface area contributed by atoms with Gasteiger partial charge in [-0.2, -0.15) is 9.78 Å². The molecular weight excluding hydrogens is 337 g/mol. The smallest absolute Gasteiger partial charge is 0.233 e. The molecule has 0 saturated heterocycles. The lowest BCUT2D eigenvalue weighted by molar-refractivity contribution is -0.116. The molecule has 8 heteroatoms. The number of rotatable bonds is 3. The summed E-state index contributed by atoms with van der Waals surface area (Å²) < 4.78 is 19.9. The van der Waals surface area contributed by atoms with Crippen LogP contribution in [0.15, 0.2) is 36.4 Å². The fourth-order valence-electron chi connectivity index (χ4n) is 3.23. The van der Waals surface area contributed by atoms with Crippen molar-refractivity contribution in [3.8, 4) is 11.7 Å². The van der Waals surface area contributed by atoms with E-state index in [9.17, 15) is 9.18 Å². The molecule has 0 radical (unpaired) electrons. The highest BCUT2D eigenvalue weighted by atomic mass is 19.1. The largest absolute Gasteiger partial charge is 0.480 e. The molecule has 0 saturated carbocycles. The fourth-order valence-corrected chi connectivity index (χ4v) is 3.23. The van der Waals surface area contributed by atoms with Gasteiger partial charge in [-0.1, -0.05) is 12.1 Å². The lowest BCUT2D eigenvalue weighted by Gasteiger charge is -2.24. The number of benzene rings is 1. The van der Waals surface area contributed by atoms with Crippen molar-refractivity contribution >= 4 is 11.7 Å². The van der Waals surface area contributed by atoms with Crippen LogP contribution in [0.4, 0.5) is 10.2 Å². The zero-order chi connectivity index (χ0) is 18.3. The number of anilines is 1. The Morgan fingerprint density at radius 3 is 2.62 bits per heavy atom. The molecule has 7 nitrogen and oxygen atoms in total. The molecule has 1 amide bonds. The Labute approximate surface area is 148 Å². The number of fused-ring (bicyclic) bond motifs is 1. The van der Waals surface area contributed by atoms with Crippen molar-refractivity contribution in [3.05, 3.63) is 59.0 Å². The predicted molar refractivity (Wildman–Crippen MR) is 91.9 cm³/mol. The van der Waals surface area contributed by atoms with Crippen LogP contribution in [0.1, 0.15) is 29.2 Å². The molecule has 3 aromatic rings. The third-order valence-corrected chi connectivity index (χ3v) is 4.43. The van der Waals surface area contributed by atoms with Crippen molar-refractivity contribution in [3.63, 3.8) is 0 Å². The van der Waals surface area contributed by atoms with Gasteiger partial charge >= 0.3 is 0 Å². The predicted octanol–water partition coefficient (Wildman–Crippen LogP) is 2.59. The molecule has 1 aromatic carbocycles. The highest BCUT2D eigenvalue weighted by molar-refractivity contribution is 5.95. The minimum atomic E-state index is -0.310. The van der Waals surface area contributed by atoms with Gasteiger partial charge in [-0.25, -0.2) is 4.39 Å². The van der Waals surface area contributed by atoms with E-state index in [2.05, 4.69) is 20.6 Å². The minimum Gasteiger partial charge on any atom is -0.480 e. The van der Waals surface area contributed by atoms with Crippen LogP contribution in [0.2, 0.25) is 0 Å². The molecule has 1 N–H and O–H groups in total. The number of halogens is 1. The summed E-state index contributed by atoms with van der Waals surface area (Å²) in [6.07, 6.45) is 0.277. The Kier molecular flexibility index (Phi) is 3.87. The molecule has 132 valence electrons. The first-order valence-electron chi connectivity index (χ1n) is 8.09. The van der Waals surface area contributed by atoms with E-state index < -0.39 is 0 Å². The molecule has 0 unspecified atom stereocenters. The van der Waals surface area contributed by atoms with Gasteiger partial charge in [0, 0.05) is 24.0 Å². The number of nitrogens with zero attached hydrogens (tertiary/aromatic N) is 4. The number of hydrogen-bond acceptors (Lipinski definition) is 5. The van der Waals surface area contributed by atoms with E-state index in [4.69, 9.17) is 4.74 Å². The zero-order valence-corrected chi connectivity index (χ0v) is 14.2. The molecule has 1 aliphatic rings. The summed E-state index contributed by atoms with van der Waals surface area (Å²) in [5, 5.41) is 15.5. The normalized spacial score (nSPS) is 16.1. The van der Waals surface area contributed by atoms with Gasteiger partial charge in [0.25, 0.3) is 0 Å². The van der Waals surface area contributed by atoms with Crippen LogP contribution in [0, 0.1) is 12.7 Å². The summed E-state index contributed by atoms with van der Waals surface area (Å²) >= 11 is 0. The van der Waals surface area contributed by atoms with Crippen molar-refractivity contribution in [2.24, 2.45) is 0 Å². The van der Waals surface area contributed by atoms with Crippen LogP contribution in [0.25, 0.3) is 5.82 Å². The first kappa shape index (κ1) is 16.2. The molecular formula is C18H16FN5O2. The Hall–Kier alpha value is -3.29. The molecule has 0 aliphatic carbocycles. The van der Waals surface area contributed by atoms with E-state index in [1.54, 1.807) is 28.9 Å². The first-order chi connectivity index (χ1) is 12.6. The first-order valence-corrected chi connectivity index (χ1v) is 8.09. The van der Waals surface area contributed by atoms with E-state index >= 15 is 0 Å². The van der Waals surface area contributed by atoms with Gasteiger partial charge in [0.2, 0.25) is 11.8 Å². The van der Waals surface area contributed by atoms with E-state index in [1.165, 1.54) is 19.2 Å². The summed E-state index contributed by atoms with van der Waals surface area (Å²) in [5.74, 6) is 0.784. The number of amides is 1. The average Bonchev–Trinajstić information content (AvgIpc) is 2.98. The molecule has 1 aliphatic heterocycles.